The van der Waals surface area contributed by atoms with Gasteiger partial charge in [-0.3, -0.25) is 0 Å². The van der Waals surface area contributed by atoms with Gasteiger partial charge in [-0.15, -0.1) is 0 Å². The standard InChI is InChI=1S/C10H14Cl2NO2PS.H3N/c1-7(2)13-16(17,14-3)15-10-5-4-8(11)6-9(10)12;/h4-7H,1-3H3,(H,13,17);1H3. The lowest BCUT2D eigenvalue weighted by atomic mass is 10.3. The number of nitrogens with one attached hydrogen (secondary N) is 1. The van der Waals surface area contributed by atoms with Crippen molar-refractivity contribution in [3.8, 4) is 5.75 Å². The van der Waals surface area contributed by atoms with Gasteiger partial charge in [0.25, 0.3) is 0 Å². The molecule has 1 unspecified atom stereocenters. The first-order valence-electron chi connectivity index (χ1n) is 4.94. The van der Waals surface area contributed by atoms with Crippen molar-refractivity contribution >= 4 is 41.7 Å². The van der Waals surface area contributed by atoms with Gasteiger partial charge in [-0.05, 0) is 43.9 Å². The smallest absolute Gasteiger partial charge is 0.312 e. The lowest BCUT2D eigenvalue weighted by Crippen LogP contribution is -2.22. The quantitative estimate of drug-likeness (QED) is 0.783. The molecular formula is C10H17Cl2N2O2PS. The Labute approximate surface area is 123 Å². The molecule has 4 nitrogen and oxygen atoms in total. The van der Waals surface area contributed by atoms with Crippen LogP contribution in [0.3, 0.4) is 0 Å². The third kappa shape index (κ3) is 5.41. The normalized spacial score (nSPS) is 13.9. The van der Waals surface area contributed by atoms with E-state index in [2.05, 4.69) is 5.09 Å². The van der Waals surface area contributed by atoms with E-state index in [-0.39, 0.29) is 12.2 Å². The highest BCUT2D eigenvalue weighted by molar-refractivity contribution is 8.09. The number of hydrogen-bond donors (Lipinski definition) is 2. The van der Waals surface area contributed by atoms with E-state index < -0.39 is 6.64 Å². The number of benzene rings is 1. The third-order valence-corrected chi connectivity index (χ3v) is 5.04. The van der Waals surface area contributed by atoms with Crippen LogP contribution >= 0.6 is 29.8 Å². The fraction of sp³-hybridized carbons (Fsp3) is 0.400. The second-order valence-corrected chi connectivity index (χ2v) is 7.72. The van der Waals surface area contributed by atoms with Crippen molar-refractivity contribution < 1.29 is 9.05 Å². The van der Waals surface area contributed by atoms with Gasteiger partial charge in [0.1, 0.15) is 5.75 Å². The van der Waals surface area contributed by atoms with E-state index in [0.29, 0.717) is 15.8 Å². The topological polar surface area (TPSA) is 65.5 Å². The summed E-state index contributed by atoms with van der Waals surface area (Å²) >= 11 is 17.1. The first kappa shape index (κ1) is 18.1. The van der Waals surface area contributed by atoms with Crippen LogP contribution in [0.2, 0.25) is 10.0 Å². The molecule has 0 aliphatic heterocycles. The lowest BCUT2D eigenvalue weighted by molar-refractivity contribution is 0.375. The zero-order valence-corrected chi connectivity index (χ0v) is 13.7. The van der Waals surface area contributed by atoms with Gasteiger partial charge in [0, 0.05) is 18.2 Å². The summed E-state index contributed by atoms with van der Waals surface area (Å²) in [6, 6.07) is 5.12. The Kier molecular flexibility index (Phi) is 7.71. The fourth-order valence-corrected chi connectivity index (χ4v) is 3.77. The van der Waals surface area contributed by atoms with Gasteiger partial charge in [0.05, 0.1) is 5.02 Å². The van der Waals surface area contributed by atoms with Crippen molar-refractivity contribution in [2.24, 2.45) is 0 Å². The highest BCUT2D eigenvalue weighted by atomic mass is 35.5. The largest absolute Gasteiger partial charge is 0.431 e. The number of rotatable bonds is 5. The lowest BCUT2D eigenvalue weighted by Gasteiger charge is -2.24. The highest BCUT2D eigenvalue weighted by Crippen LogP contribution is 2.46. The van der Waals surface area contributed by atoms with Gasteiger partial charge in [0.2, 0.25) is 0 Å². The predicted molar refractivity (Wildman–Crippen MR) is 81.7 cm³/mol. The maximum absolute atomic E-state index is 6.01. The average molecular weight is 331 g/mol. The molecule has 104 valence electrons. The summed E-state index contributed by atoms with van der Waals surface area (Å²) in [4.78, 5) is 0. The van der Waals surface area contributed by atoms with Crippen molar-refractivity contribution in [3.63, 3.8) is 0 Å². The second kappa shape index (κ2) is 7.65. The third-order valence-electron chi connectivity index (χ3n) is 1.77. The minimum atomic E-state index is -2.56. The van der Waals surface area contributed by atoms with Gasteiger partial charge in [0.15, 0.2) is 0 Å². The summed E-state index contributed by atoms with van der Waals surface area (Å²) in [5.41, 5.74) is 0. The van der Waals surface area contributed by atoms with E-state index in [1.165, 1.54) is 7.11 Å². The molecule has 1 rings (SSSR count). The summed E-state index contributed by atoms with van der Waals surface area (Å²) in [6.45, 7) is 1.37. The Balaban J connectivity index is 0.00000289. The van der Waals surface area contributed by atoms with Crippen molar-refractivity contribution in [3.05, 3.63) is 28.2 Å². The Morgan fingerprint density at radius 2 is 1.94 bits per heavy atom. The second-order valence-electron chi connectivity index (χ2n) is 3.63. The first-order valence-corrected chi connectivity index (χ1v) is 8.34. The molecule has 0 saturated carbocycles. The Morgan fingerprint density at radius 3 is 2.39 bits per heavy atom. The molecule has 0 spiro atoms. The molecule has 1 atom stereocenters. The van der Waals surface area contributed by atoms with Gasteiger partial charge in [-0.2, -0.15) is 0 Å². The molecule has 0 aromatic heterocycles. The van der Waals surface area contributed by atoms with Crippen molar-refractivity contribution in [1.29, 1.82) is 0 Å². The predicted octanol–water partition coefficient (Wildman–Crippen LogP) is 4.40. The van der Waals surface area contributed by atoms with Crippen LogP contribution in [0.4, 0.5) is 0 Å². The molecule has 0 aliphatic carbocycles. The molecule has 0 amide bonds. The molecule has 18 heavy (non-hydrogen) atoms. The minimum Gasteiger partial charge on any atom is -0.431 e. The van der Waals surface area contributed by atoms with E-state index >= 15 is 0 Å². The van der Waals surface area contributed by atoms with Crippen LogP contribution in [0, 0.1) is 0 Å². The molecule has 1 aromatic rings. The number of halogens is 2. The molecule has 0 heterocycles. The molecule has 8 heteroatoms. The molecule has 4 N–H and O–H groups in total. The summed E-state index contributed by atoms with van der Waals surface area (Å²) in [6.07, 6.45) is 0. The first-order chi connectivity index (χ1) is 7.86. The van der Waals surface area contributed by atoms with Gasteiger partial charge >= 0.3 is 6.64 Å². The van der Waals surface area contributed by atoms with Gasteiger partial charge in [-0.25, -0.2) is 5.09 Å². The van der Waals surface area contributed by atoms with Crippen LogP contribution in [-0.4, -0.2) is 13.2 Å². The van der Waals surface area contributed by atoms with Gasteiger partial charge in [-0.1, -0.05) is 23.2 Å². The van der Waals surface area contributed by atoms with Crippen LogP contribution in [0.1, 0.15) is 13.8 Å². The van der Waals surface area contributed by atoms with Crippen molar-refractivity contribution in [2.45, 2.75) is 19.9 Å². The SMILES string of the molecule is COP(=S)(NC(C)C)Oc1ccc(Cl)cc1Cl.N. The van der Waals surface area contributed by atoms with Crippen LogP contribution in [-0.2, 0) is 16.3 Å². The fourth-order valence-electron chi connectivity index (χ4n) is 1.11. The maximum Gasteiger partial charge on any atom is 0.312 e. The van der Waals surface area contributed by atoms with Crippen LogP contribution < -0.4 is 15.8 Å². The molecule has 0 aliphatic rings. The van der Waals surface area contributed by atoms with Crippen LogP contribution in [0.5, 0.6) is 5.75 Å². The zero-order valence-electron chi connectivity index (χ0n) is 10.4. The highest BCUT2D eigenvalue weighted by Gasteiger charge is 2.21. The van der Waals surface area contributed by atoms with E-state index in [9.17, 15) is 0 Å². The molecule has 0 radical (unpaired) electrons. The minimum absolute atomic E-state index is 0. The van der Waals surface area contributed by atoms with Crippen LogP contribution in [0.15, 0.2) is 18.2 Å². The molecular weight excluding hydrogens is 314 g/mol. The summed E-state index contributed by atoms with van der Waals surface area (Å²) in [5, 5.41) is 4.04. The van der Waals surface area contributed by atoms with Crippen molar-refractivity contribution in [2.75, 3.05) is 7.11 Å². The van der Waals surface area contributed by atoms with E-state index in [4.69, 9.17) is 44.1 Å². The summed E-state index contributed by atoms with van der Waals surface area (Å²) in [7, 11) is 1.51. The monoisotopic (exact) mass is 330 g/mol. The summed E-state index contributed by atoms with van der Waals surface area (Å²) < 4.78 is 10.9. The average Bonchev–Trinajstić information content (AvgIpc) is 2.21. The Hall–Kier alpha value is 0.130. The molecule has 0 saturated heterocycles. The summed E-state index contributed by atoms with van der Waals surface area (Å²) in [5.74, 6) is 0.467. The van der Waals surface area contributed by atoms with E-state index in [0.717, 1.165) is 0 Å². The molecule has 0 bridgehead atoms. The molecule has 0 fully saturated rings. The maximum atomic E-state index is 6.01. The van der Waals surface area contributed by atoms with Gasteiger partial charge < -0.3 is 15.2 Å². The zero-order chi connectivity index (χ0) is 13.1. The molecule has 1 aromatic carbocycles. The van der Waals surface area contributed by atoms with E-state index in [1.807, 2.05) is 13.8 Å². The van der Waals surface area contributed by atoms with Crippen molar-refractivity contribution in [1.82, 2.24) is 11.2 Å². The Morgan fingerprint density at radius 1 is 1.33 bits per heavy atom. The van der Waals surface area contributed by atoms with Crippen LogP contribution in [0.25, 0.3) is 0 Å². The Bertz CT molecular complexity index is 446. The van der Waals surface area contributed by atoms with E-state index in [1.54, 1.807) is 18.2 Å². The number of hydrogen-bond acceptors (Lipinski definition) is 4.